The molecule has 0 saturated heterocycles. The lowest BCUT2D eigenvalue weighted by atomic mass is 10.2. The number of nitrogens with zero attached hydrogens (tertiary/aromatic N) is 1. The number of rotatable bonds is 5. The normalized spacial score (nSPS) is 10.7. The summed E-state index contributed by atoms with van der Waals surface area (Å²) in [5.74, 6) is -0.429. The van der Waals surface area contributed by atoms with Crippen molar-refractivity contribution in [3.8, 4) is 0 Å². The summed E-state index contributed by atoms with van der Waals surface area (Å²) in [7, 11) is 0. The van der Waals surface area contributed by atoms with Crippen LogP contribution in [0.1, 0.15) is 5.56 Å². The van der Waals surface area contributed by atoms with Gasteiger partial charge in [-0.05, 0) is 0 Å². The van der Waals surface area contributed by atoms with Crippen LogP contribution >= 0.6 is 0 Å². The molecule has 6 heteroatoms. The predicted molar refractivity (Wildman–Crippen MR) is 59.1 cm³/mol. The van der Waals surface area contributed by atoms with Crippen LogP contribution in [-0.4, -0.2) is 33.0 Å². The molecule has 0 bridgehead atoms. The van der Waals surface area contributed by atoms with E-state index < -0.39 is 17.2 Å². The Kier molecular flexibility index (Phi) is 4.21. The Bertz CT molecular complexity index is 470. The highest BCUT2D eigenvalue weighted by Gasteiger charge is 2.09. The Morgan fingerprint density at radius 3 is 2.56 bits per heavy atom. The minimum absolute atomic E-state index is 0.142. The van der Waals surface area contributed by atoms with Crippen LogP contribution in [0, 0.1) is 5.92 Å². The fourth-order valence-corrected chi connectivity index (χ4v) is 1.26. The molecule has 1 heterocycles. The van der Waals surface area contributed by atoms with Crippen molar-refractivity contribution in [3.63, 3.8) is 0 Å². The predicted octanol–water partition coefficient (Wildman–Crippen LogP) is -1.22. The molecule has 0 amide bonds. The smallest absolute Gasteiger partial charge is 0.328 e. The number of aliphatic hydroxyl groups is 2. The maximum Gasteiger partial charge on any atom is 0.328 e. The van der Waals surface area contributed by atoms with Gasteiger partial charge in [0.1, 0.15) is 0 Å². The van der Waals surface area contributed by atoms with Gasteiger partial charge in [-0.2, -0.15) is 0 Å². The van der Waals surface area contributed by atoms with Crippen molar-refractivity contribution in [1.29, 1.82) is 0 Å². The molecule has 6 nitrogen and oxygen atoms in total. The molecular weight excluding hydrogens is 212 g/mol. The molecule has 0 aliphatic heterocycles. The summed E-state index contributed by atoms with van der Waals surface area (Å²) < 4.78 is 1.23. The third-order valence-electron chi connectivity index (χ3n) is 2.23. The first-order chi connectivity index (χ1) is 7.62. The van der Waals surface area contributed by atoms with Crippen LogP contribution in [0.5, 0.6) is 0 Å². The number of hydrogen-bond acceptors (Lipinski definition) is 4. The fraction of sp³-hybridized carbons (Fsp3) is 0.400. The van der Waals surface area contributed by atoms with Gasteiger partial charge in [-0.1, -0.05) is 12.7 Å². The lowest BCUT2D eigenvalue weighted by Crippen LogP contribution is -2.33. The summed E-state index contributed by atoms with van der Waals surface area (Å²) in [6, 6.07) is 0. The van der Waals surface area contributed by atoms with Gasteiger partial charge in [0.2, 0.25) is 0 Å². The molecular formula is C10H14N2O4. The summed E-state index contributed by atoms with van der Waals surface area (Å²) in [6.07, 6.45) is 2.69. The van der Waals surface area contributed by atoms with E-state index in [1.807, 2.05) is 0 Å². The molecule has 0 aliphatic carbocycles. The van der Waals surface area contributed by atoms with E-state index in [0.717, 1.165) is 0 Å². The van der Waals surface area contributed by atoms with Gasteiger partial charge >= 0.3 is 5.69 Å². The first kappa shape index (κ1) is 12.4. The lowest BCUT2D eigenvalue weighted by Gasteiger charge is -2.12. The SMILES string of the molecule is C=Cc1cn(CC(CO)CO)c(=O)[nH]c1=O. The van der Waals surface area contributed by atoms with E-state index >= 15 is 0 Å². The van der Waals surface area contributed by atoms with Gasteiger partial charge in [-0.3, -0.25) is 14.3 Å². The van der Waals surface area contributed by atoms with E-state index in [0.29, 0.717) is 0 Å². The Hall–Kier alpha value is -1.66. The quantitative estimate of drug-likeness (QED) is 0.586. The van der Waals surface area contributed by atoms with Gasteiger partial charge in [-0.15, -0.1) is 0 Å². The number of H-pyrrole nitrogens is 1. The molecule has 0 aliphatic rings. The van der Waals surface area contributed by atoms with E-state index in [4.69, 9.17) is 10.2 Å². The van der Waals surface area contributed by atoms with Gasteiger partial charge in [0.05, 0.1) is 5.56 Å². The molecule has 88 valence electrons. The fourth-order valence-electron chi connectivity index (χ4n) is 1.26. The Morgan fingerprint density at radius 2 is 2.06 bits per heavy atom. The van der Waals surface area contributed by atoms with Crippen LogP contribution in [-0.2, 0) is 6.54 Å². The van der Waals surface area contributed by atoms with Crippen molar-refractivity contribution >= 4 is 6.08 Å². The Balaban J connectivity index is 3.09. The summed E-state index contributed by atoms with van der Waals surface area (Å²) in [4.78, 5) is 24.7. The Morgan fingerprint density at radius 1 is 1.44 bits per heavy atom. The van der Waals surface area contributed by atoms with Crippen molar-refractivity contribution in [2.75, 3.05) is 13.2 Å². The van der Waals surface area contributed by atoms with Gasteiger partial charge < -0.3 is 10.2 Å². The molecule has 3 N–H and O–H groups in total. The van der Waals surface area contributed by atoms with Crippen LogP contribution in [0.3, 0.4) is 0 Å². The van der Waals surface area contributed by atoms with E-state index in [-0.39, 0.29) is 25.3 Å². The maximum atomic E-state index is 11.4. The van der Waals surface area contributed by atoms with Crippen molar-refractivity contribution < 1.29 is 10.2 Å². The molecule has 16 heavy (non-hydrogen) atoms. The molecule has 0 fully saturated rings. The third-order valence-corrected chi connectivity index (χ3v) is 2.23. The average Bonchev–Trinajstić information content (AvgIpc) is 2.28. The first-order valence-corrected chi connectivity index (χ1v) is 4.80. The van der Waals surface area contributed by atoms with Crippen molar-refractivity contribution in [2.24, 2.45) is 5.92 Å². The van der Waals surface area contributed by atoms with Gasteiger partial charge in [0.15, 0.2) is 0 Å². The minimum Gasteiger partial charge on any atom is -0.396 e. The third kappa shape index (κ3) is 2.68. The topological polar surface area (TPSA) is 95.3 Å². The zero-order valence-electron chi connectivity index (χ0n) is 8.72. The highest BCUT2D eigenvalue weighted by atomic mass is 16.3. The largest absolute Gasteiger partial charge is 0.396 e. The molecule has 1 rings (SSSR count). The molecule has 0 spiro atoms. The van der Waals surface area contributed by atoms with Crippen molar-refractivity contribution in [1.82, 2.24) is 9.55 Å². The number of nitrogens with one attached hydrogen (secondary N) is 1. The van der Waals surface area contributed by atoms with E-state index in [1.54, 1.807) is 0 Å². The van der Waals surface area contributed by atoms with Crippen LogP contribution in [0.15, 0.2) is 22.4 Å². The second-order valence-corrected chi connectivity index (χ2v) is 3.43. The van der Waals surface area contributed by atoms with Gasteiger partial charge in [0.25, 0.3) is 5.56 Å². The van der Waals surface area contributed by atoms with E-state index in [2.05, 4.69) is 11.6 Å². The molecule has 1 aromatic rings. The molecule has 0 atom stereocenters. The van der Waals surface area contributed by atoms with E-state index in [9.17, 15) is 9.59 Å². The second kappa shape index (κ2) is 5.43. The highest BCUT2D eigenvalue weighted by Crippen LogP contribution is 1.98. The number of aromatic amines is 1. The number of hydrogen-bond donors (Lipinski definition) is 3. The summed E-state index contributed by atoms with van der Waals surface area (Å²) in [5, 5.41) is 17.8. The zero-order valence-corrected chi connectivity index (χ0v) is 8.72. The number of aromatic nitrogens is 2. The highest BCUT2D eigenvalue weighted by molar-refractivity contribution is 5.43. The summed E-state index contributed by atoms with van der Waals surface area (Å²) in [6.45, 7) is 3.13. The summed E-state index contributed by atoms with van der Waals surface area (Å²) >= 11 is 0. The van der Waals surface area contributed by atoms with Crippen LogP contribution < -0.4 is 11.2 Å². The van der Waals surface area contributed by atoms with Gasteiger partial charge in [-0.25, -0.2) is 4.79 Å². The number of aliphatic hydroxyl groups excluding tert-OH is 2. The maximum absolute atomic E-state index is 11.4. The van der Waals surface area contributed by atoms with Crippen LogP contribution in [0.25, 0.3) is 6.08 Å². The Labute approximate surface area is 91.5 Å². The average molecular weight is 226 g/mol. The van der Waals surface area contributed by atoms with Crippen molar-refractivity contribution in [3.05, 3.63) is 39.2 Å². The summed E-state index contributed by atoms with van der Waals surface area (Å²) in [5.41, 5.74) is -0.794. The standard InChI is InChI=1S/C10H14N2O4/c1-2-8-4-12(3-7(5-13)6-14)10(16)11-9(8)15/h2,4,7,13-14H,1,3,5-6H2,(H,11,15,16). The van der Waals surface area contributed by atoms with Crippen molar-refractivity contribution in [2.45, 2.75) is 6.54 Å². The van der Waals surface area contributed by atoms with Gasteiger partial charge in [0, 0.05) is 31.9 Å². The van der Waals surface area contributed by atoms with Crippen LogP contribution in [0.4, 0.5) is 0 Å². The minimum atomic E-state index is -0.567. The second-order valence-electron chi connectivity index (χ2n) is 3.43. The first-order valence-electron chi connectivity index (χ1n) is 4.80. The van der Waals surface area contributed by atoms with Crippen LogP contribution in [0.2, 0.25) is 0 Å². The molecule has 0 aromatic carbocycles. The lowest BCUT2D eigenvalue weighted by molar-refractivity contribution is 0.136. The molecule has 0 unspecified atom stereocenters. The molecule has 1 aromatic heterocycles. The van der Waals surface area contributed by atoms with E-state index in [1.165, 1.54) is 16.8 Å². The molecule has 0 saturated carbocycles. The monoisotopic (exact) mass is 226 g/mol. The molecule has 0 radical (unpaired) electrons. The zero-order chi connectivity index (χ0) is 12.1.